The van der Waals surface area contributed by atoms with E-state index in [2.05, 4.69) is 9.97 Å². The molecule has 0 bridgehead atoms. The molecule has 1 aromatic rings. The van der Waals surface area contributed by atoms with E-state index in [-0.39, 0.29) is 0 Å². The van der Waals surface area contributed by atoms with E-state index in [0.29, 0.717) is 0 Å². The molecular formula is C9H10N2O5S. The number of carbonyl (C=O) groups is 2. The predicted octanol–water partition coefficient (Wildman–Crippen LogP) is 0.138. The average molecular weight is 258 g/mol. The first-order valence-electron chi connectivity index (χ1n) is 4.60. The highest BCUT2D eigenvalue weighted by Gasteiger charge is 2.29. The smallest absolute Gasteiger partial charge is 0.356 e. The van der Waals surface area contributed by atoms with Gasteiger partial charge in [0.25, 0.3) is 5.12 Å². The van der Waals surface area contributed by atoms with E-state index in [1.165, 1.54) is 13.8 Å². The van der Waals surface area contributed by atoms with Crippen molar-refractivity contribution in [3.05, 3.63) is 23.8 Å². The van der Waals surface area contributed by atoms with E-state index in [9.17, 15) is 18.0 Å². The quantitative estimate of drug-likeness (QED) is 0.819. The van der Waals surface area contributed by atoms with Crippen molar-refractivity contribution in [1.29, 1.82) is 0 Å². The predicted molar refractivity (Wildman–Crippen MR) is 57.4 cm³/mol. The summed E-state index contributed by atoms with van der Waals surface area (Å²) in [6, 6.07) is 0. The molecule has 1 N–H and O–H groups in total. The van der Waals surface area contributed by atoms with Crippen LogP contribution in [0, 0.1) is 0 Å². The lowest BCUT2D eigenvalue weighted by atomic mass is 10.4. The molecule has 0 aliphatic carbocycles. The zero-order valence-electron chi connectivity index (χ0n) is 9.11. The summed E-state index contributed by atoms with van der Waals surface area (Å²) in [6.07, 6.45) is 1.86. The number of carbonyl (C=O) groups excluding carboxylic acids is 1. The summed E-state index contributed by atoms with van der Waals surface area (Å²) in [5, 5.41) is 6.52. The molecule has 0 saturated carbocycles. The Bertz CT molecular complexity index is 565. The van der Waals surface area contributed by atoms with Gasteiger partial charge in [-0.1, -0.05) is 0 Å². The summed E-state index contributed by atoms with van der Waals surface area (Å²) in [5.41, 5.74) is -0.964. The van der Waals surface area contributed by atoms with Crippen LogP contribution in [0.2, 0.25) is 0 Å². The van der Waals surface area contributed by atoms with E-state index in [1.54, 1.807) is 0 Å². The maximum absolute atomic E-state index is 11.6. The van der Waals surface area contributed by atoms with Gasteiger partial charge in [-0.25, -0.2) is 18.2 Å². The molecule has 1 aromatic heterocycles. The molecule has 0 unspecified atom stereocenters. The molecule has 92 valence electrons. The van der Waals surface area contributed by atoms with E-state index < -0.39 is 37.6 Å². The molecule has 0 fully saturated rings. The van der Waals surface area contributed by atoms with Crippen LogP contribution < -0.4 is 0 Å². The molecule has 1 heterocycles. The molecule has 0 spiro atoms. The van der Waals surface area contributed by atoms with Crippen molar-refractivity contribution in [2.24, 2.45) is 0 Å². The Balaban J connectivity index is 3.23. The third-order valence-electron chi connectivity index (χ3n) is 1.94. The van der Waals surface area contributed by atoms with E-state index in [0.717, 1.165) is 12.4 Å². The lowest BCUT2D eigenvalue weighted by Crippen LogP contribution is -2.25. The highest BCUT2D eigenvalue weighted by Crippen LogP contribution is 2.09. The minimum atomic E-state index is -4.01. The number of sulfone groups is 1. The number of rotatable bonds is 3. The minimum Gasteiger partial charge on any atom is -0.476 e. The van der Waals surface area contributed by atoms with Gasteiger partial charge in [0.15, 0.2) is 5.69 Å². The normalized spacial score (nSPS) is 11.5. The SMILES string of the molecule is CC(C)S(=O)(=O)C(=O)c1cncc(C(=O)O)n1. The van der Waals surface area contributed by atoms with Gasteiger partial charge in [0, 0.05) is 0 Å². The molecule has 0 radical (unpaired) electrons. The third kappa shape index (κ3) is 2.64. The van der Waals surface area contributed by atoms with E-state index >= 15 is 0 Å². The Hall–Kier alpha value is -1.83. The number of nitrogens with zero attached hydrogens (tertiary/aromatic N) is 2. The number of carboxylic acids is 1. The van der Waals surface area contributed by atoms with Crippen LogP contribution in [0.25, 0.3) is 0 Å². The minimum absolute atomic E-state index is 0.477. The van der Waals surface area contributed by atoms with Crippen molar-refractivity contribution < 1.29 is 23.1 Å². The van der Waals surface area contributed by atoms with Crippen molar-refractivity contribution in [3.63, 3.8) is 0 Å². The molecule has 8 heteroatoms. The fraction of sp³-hybridized carbons (Fsp3) is 0.333. The topological polar surface area (TPSA) is 114 Å². The lowest BCUT2D eigenvalue weighted by molar-refractivity contribution is 0.0690. The average Bonchev–Trinajstić information content (AvgIpc) is 2.27. The number of aromatic carboxylic acids is 1. The van der Waals surface area contributed by atoms with Gasteiger partial charge in [-0.05, 0) is 13.8 Å². The summed E-state index contributed by atoms with van der Waals surface area (Å²) < 4.78 is 23.1. The summed E-state index contributed by atoms with van der Waals surface area (Å²) >= 11 is 0. The van der Waals surface area contributed by atoms with Crippen molar-refractivity contribution >= 4 is 20.9 Å². The van der Waals surface area contributed by atoms with Crippen molar-refractivity contribution in [2.45, 2.75) is 19.1 Å². The Kier molecular flexibility index (Phi) is 3.56. The Labute approximate surface area is 97.4 Å². The van der Waals surface area contributed by atoms with Crippen LogP contribution >= 0.6 is 0 Å². The fourth-order valence-electron chi connectivity index (χ4n) is 0.927. The zero-order valence-corrected chi connectivity index (χ0v) is 9.93. The lowest BCUT2D eigenvalue weighted by Gasteiger charge is -2.05. The molecule has 7 nitrogen and oxygen atoms in total. The van der Waals surface area contributed by atoms with Gasteiger partial charge >= 0.3 is 5.97 Å². The first-order valence-corrected chi connectivity index (χ1v) is 6.15. The number of carboxylic acid groups (broad SMARTS) is 1. The van der Waals surface area contributed by atoms with Gasteiger partial charge in [-0.15, -0.1) is 0 Å². The molecule has 0 aromatic carbocycles. The molecule has 1 rings (SSSR count). The molecule has 0 amide bonds. The Morgan fingerprint density at radius 2 is 1.76 bits per heavy atom. The molecule has 17 heavy (non-hydrogen) atoms. The number of hydrogen-bond acceptors (Lipinski definition) is 6. The second kappa shape index (κ2) is 4.58. The van der Waals surface area contributed by atoms with Gasteiger partial charge in [0.05, 0.1) is 17.6 Å². The number of hydrogen-bond donors (Lipinski definition) is 1. The van der Waals surface area contributed by atoms with Crippen LogP contribution in [0.3, 0.4) is 0 Å². The molecule has 0 atom stereocenters. The van der Waals surface area contributed by atoms with Crippen molar-refractivity contribution in [1.82, 2.24) is 9.97 Å². The van der Waals surface area contributed by atoms with Crippen molar-refractivity contribution in [3.8, 4) is 0 Å². The fourth-order valence-corrected chi connectivity index (χ4v) is 1.75. The van der Waals surface area contributed by atoms with E-state index in [1.807, 2.05) is 0 Å². The van der Waals surface area contributed by atoms with Crippen LogP contribution in [0.4, 0.5) is 0 Å². The molecule has 0 aliphatic rings. The Morgan fingerprint density at radius 3 is 2.24 bits per heavy atom. The second-order valence-electron chi connectivity index (χ2n) is 3.48. The van der Waals surface area contributed by atoms with Crippen molar-refractivity contribution in [2.75, 3.05) is 0 Å². The highest BCUT2D eigenvalue weighted by molar-refractivity contribution is 8.07. The van der Waals surface area contributed by atoms with E-state index in [4.69, 9.17) is 5.11 Å². The molecular weight excluding hydrogens is 248 g/mol. The van der Waals surface area contributed by atoms with Gasteiger partial charge in [0.2, 0.25) is 9.84 Å². The maximum Gasteiger partial charge on any atom is 0.356 e. The molecule has 0 aliphatic heterocycles. The highest BCUT2D eigenvalue weighted by atomic mass is 32.2. The standard InChI is InChI=1S/C9H10N2O5S/c1-5(2)17(15,16)9(14)7-4-10-3-6(11-7)8(12)13/h3-5H,1-2H3,(H,12,13). The summed E-state index contributed by atoms with van der Waals surface area (Å²) in [6.45, 7) is 2.70. The second-order valence-corrected chi connectivity index (χ2v) is 5.88. The summed E-state index contributed by atoms with van der Waals surface area (Å²) in [7, 11) is -4.01. The maximum atomic E-state index is 11.6. The van der Waals surface area contributed by atoms with Gasteiger partial charge in [-0.3, -0.25) is 9.78 Å². The van der Waals surface area contributed by atoms with Crippen LogP contribution in [-0.4, -0.2) is 39.8 Å². The van der Waals surface area contributed by atoms with Crippen LogP contribution in [0.5, 0.6) is 0 Å². The zero-order chi connectivity index (χ0) is 13.2. The first-order chi connectivity index (χ1) is 7.76. The van der Waals surface area contributed by atoms with Gasteiger partial charge in [-0.2, -0.15) is 0 Å². The van der Waals surface area contributed by atoms with Crippen LogP contribution in [-0.2, 0) is 9.84 Å². The first kappa shape index (κ1) is 13.2. The van der Waals surface area contributed by atoms with Crippen LogP contribution in [0.15, 0.2) is 12.4 Å². The Morgan fingerprint density at radius 1 is 1.24 bits per heavy atom. The van der Waals surface area contributed by atoms with Crippen LogP contribution in [0.1, 0.15) is 34.8 Å². The third-order valence-corrected chi connectivity index (χ3v) is 3.91. The summed E-state index contributed by atoms with van der Waals surface area (Å²) in [5.74, 6) is -1.38. The largest absolute Gasteiger partial charge is 0.476 e. The van der Waals surface area contributed by atoms with Gasteiger partial charge < -0.3 is 5.11 Å². The monoisotopic (exact) mass is 258 g/mol. The number of aromatic nitrogens is 2. The van der Waals surface area contributed by atoms with Gasteiger partial charge in [0.1, 0.15) is 5.69 Å². The molecule has 0 saturated heterocycles. The summed E-state index contributed by atoms with van der Waals surface area (Å²) in [4.78, 5) is 29.1.